The van der Waals surface area contributed by atoms with Crippen molar-refractivity contribution in [1.29, 1.82) is 0 Å². The van der Waals surface area contributed by atoms with E-state index in [1.807, 2.05) is 12.1 Å². The van der Waals surface area contributed by atoms with Crippen molar-refractivity contribution in [1.82, 2.24) is 0 Å². The molecule has 0 aliphatic rings. The van der Waals surface area contributed by atoms with E-state index in [1.165, 1.54) is 5.56 Å². The van der Waals surface area contributed by atoms with Crippen LogP contribution in [0.5, 0.6) is 0 Å². The van der Waals surface area contributed by atoms with Crippen LogP contribution in [0.4, 0.5) is 11.4 Å². The summed E-state index contributed by atoms with van der Waals surface area (Å²) in [6, 6.07) is 5.71. The van der Waals surface area contributed by atoms with Crippen LogP contribution in [-0.2, 0) is 5.41 Å². The zero-order chi connectivity index (χ0) is 9.35. The lowest BCUT2D eigenvalue weighted by Gasteiger charge is -2.19. The first-order valence-electron chi connectivity index (χ1n) is 4.06. The van der Waals surface area contributed by atoms with Crippen molar-refractivity contribution in [2.75, 3.05) is 11.5 Å². The predicted molar refractivity (Wildman–Crippen MR) is 68.5 cm³/mol. The van der Waals surface area contributed by atoms with E-state index < -0.39 is 0 Å². The predicted octanol–water partition coefficient (Wildman–Crippen LogP) is 2.99. The summed E-state index contributed by atoms with van der Waals surface area (Å²) in [6.07, 6.45) is 0. The molecule has 0 radical (unpaired) electrons. The molecule has 4 N–H and O–H groups in total. The third-order valence-corrected chi connectivity index (χ3v) is 1.84. The monoisotopic (exact) mass is 236 g/mol. The molecule has 1 aromatic carbocycles. The molecule has 1 aromatic rings. The fraction of sp³-hybridized carbons (Fsp3) is 0.400. The molecule has 14 heavy (non-hydrogen) atoms. The second-order valence-electron chi connectivity index (χ2n) is 4.14. The van der Waals surface area contributed by atoms with Gasteiger partial charge in [-0.15, -0.1) is 24.8 Å². The van der Waals surface area contributed by atoms with E-state index in [1.54, 1.807) is 6.07 Å². The van der Waals surface area contributed by atoms with E-state index in [2.05, 4.69) is 20.8 Å². The van der Waals surface area contributed by atoms with Gasteiger partial charge in [0, 0.05) is 11.4 Å². The highest BCUT2D eigenvalue weighted by Gasteiger charge is 2.13. The van der Waals surface area contributed by atoms with E-state index in [4.69, 9.17) is 11.5 Å². The fourth-order valence-electron chi connectivity index (χ4n) is 1.11. The van der Waals surface area contributed by atoms with Crippen LogP contribution in [0.1, 0.15) is 26.3 Å². The summed E-state index contributed by atoms with van der Waals surface area (Å²) in [5, 5.41) is 0. The molecule has 1 rings (SSSR count). The maximum Gasteiger partial charge on any atom is 0.0337 e. The average Bonchev–Trinajstić information content (AvgIpc) is 1.82. The first kappa shape index (κ1) is 15.9. The summed E-state index contributed by atoms with van der Waals surface area (Å²) in [6.45, 7) is 6.42. The fourth-order valence-corrected chi connectivity index (χ4v) is 1.11. The van der Waals surface area contributed by atoms with Crippen molar-refractivity contribution in [3.8, 4) is 0 Å². The number of benzene rings is 1. The van der Waals surface area contributed by atoms with Crippen LogP contribution >= 0.6 is 24.8 Å². The number of nitrogens with two attached hydrogens (primary N) is 2. The highest BCUT2D eigenvalue weighted by Crippen LogP contribution is 2.26. The third kappa shape index (κ3) is 4.07. The second kappa shape index (κ2) is 5.32. The van der Waals surface area contributed by atoms with Gasteiger partial charge in [-0.1, -0.05) is 20.8 Å². The number of hydrogen-bond acceptors (Lipinski definition) is 2. The Morgan fingerprint density at radius 1 is 0.857 bits per heavy atom. The Kier molecular flexibility index (Phi) is 6.03. The minimum Gasteiger partial charge on any atom is -0.399 e. The van der Waals surface area contributed by atoms with Crippen LogP contribution in [0.25, 0.3) is 0 Å². The lowest BCUT2D eigenvalue weighted by molar-refractivity contribution is 0.591. The van der Waals surface area contributed by atoms with Crippen molar-refractivity contribution in [2.24, 2.45) is 0 Å². The number of rotatable bonds is 0. The molecule has 0 aliphatic heterocycles. The maximum atomic E-state index is 5.68. The van der Waals surface area contributed by atoms with E-state index in [-0.39, 0.29) is 30.2 Å². The molecule has 0 spiro atoms. The minimum atomic E-state index is 0. The molecule has 0 amide bonds. The Morgan fingerprint density at radius 3 is 1.50 bits per heavy atom. The van der Waals surface area contributed by atoms with Gasteiger partial charge in [0.25, 0.3) is 0 Å². The number of nitrogen functional groups attached to an aromatic ring is 2. The highest BCUT2D eigenvalue weighted by molar-refractivity contribution is 5.85. The Labute approximate surface area is 97.9 Å². The molecule has 0 saturated heterocycles. The molecule has 82 valence electrons. The van der Waals surface area contributed by atoms with Crippen molar-refractivity contribution >= 4 is 36.2 Å². The molecular weight excluding hydrogens is 219 g/mol. The Morgan fingerprint density at radius 2 is 1.21 bits per heavy atom. The summed E-state index contributed by atoms with van der Waals surface area (Å²) in [4.78, 5) is 0. The van der Waals surface area contributed by atoms with Gasteiger partial charge in [-0.2, -0.15) is 0 Å². The summed E-state index contributed by atoms with van der Waals surface area (Å²) < 4.78 is 0. The van der Waals surface area contributed by atoms with Gasteiger partial charge >= 0.3 is 0 Å². The zero-order valence-electron chi connectivity index (χ0n) is 8.70. The molecule has 0 aliphatic carbocycles. The SMILES string of the molecule is CC(C)(C)c1cc(N)cc(N)c1.Cl.Cl. The molecule has 4 heteroatoms. The quantitative estimate of drug-likeness (QED) is 0.681. The van der Waals surface area contributed by atoms with Crippen LogP contribution in [-0.4, -0.2) is 0 Å². The van der Waals surface area contributed by atoms with E-state index >= 15 is 0 Å². The highest BCUT2D eigenvalue weighted by atomic mass is 35.5. The maximum absolute atomic E-state index is 5.68. The van der Waals surface area contributed by atoms with Crippen LogP contribution in [0.15, 0.2) is 18.2 Å². The lowest BCUT2D eigenvalue weighted by Crippen LogP contribution is -2.11. The van der Waals surface area contributed by atoms with Gasteiger partial charge in [0.15, 0.2) is 0 Å². The van der Waals surface area contributed by atoms with Gasteiger partial charge in [0.05, 0.1) is 0 Å². The summed E-state index contributed by atoms with van der Waals surface area (Å²) in [5.41, 5.74) is 14.1. The van der Waals surface area contributed by atoms with E-state index in [9.17, 15) is 0 Å². The standard InChI is InChI=1S/C10H16N2.2ClH/c1-10(2,3)7-4-8(11)6-9(12)5-7;;/h4-6H,11-12H2,1-3H3;2*1H. The molecule has 0 aromatic heterocycles. The van der Waals surface area contributed by atoms with Crippen molar-refractivity contribution in [3.63, 3.8) is 0 Å². The molecule has 2 nitrogen and oxygen atoms in total. The van der Waals surface area contributed by atoms with Gasteiger partial charge in [-0.3, -0.25) is 0 Å². The number of hydrogen-bond donors (Lipinski definition) is 2. The van der Waals surface area contributed by atoms with Gasteiger partial charge in [0.1, 0.15) is 0 Å². The van der Waals surface area contributed by atoms with Gasteiger partial charge in [-0.25, -0.2) is 0 Å². The van der Waals surface area contributed by atoms with Crippen LogP contribution < -0.4 is 11.5 Å². The molecule has 0 heterocycles. The summed E-state index contributed by atoms with van der Waals surface area (Å²) >= 11 is 0. The number of anilines is 2. The average molecular weight is 237 g/mol. The lowest BCUT2D eigenvalue weighted by atomic mass is 9.86. The molecule has 0 bridgehead atoms. The summed E-state index contributed by atoms with van der Waals surface area (Å²) in [5.74, 6) is 0. The second-order valence-corrected chi connectivity index (χ2v) is 4.14. The van der Waals surface area contributed by atoms with Crippen LogP contribution in [0.3, 0.4) is 0 Å². The summed E-state index contributed by atoms with van der Waals surface area (Å²) in [7, 11) is 0. The zero-order valence-corrected chi connectivity index (χ0v) is 10.3. The van der Waals surface area contributed by atoms with Crippen LogP contribution in [0, 0.1) is 0 Å². The Hall–Kier alpha value is -0.600. The van der Waals surface area contributed by atoms with Gasteiger partial charge in [0.2, 0.25) is 0 Å². The number of halogens is 2. The largest absolute Gasteiger partial charge is 0.399 e. The molecule has 0 atom stereocenters. The van der Waals surface area contributed by atoms with E-state index in [0.717, 1.165) is 11.4 Å². The molecule has 0 saturated carbocycles. The normalized spacial score (nSPS) is 9.93. The van der Waals surface area contributed by atoms with Crippen molar-refractivity contribution in [2.45, 2.75) is 26.2 Å². The molecule has 0 fully saturated rings. The third-order valence-electron chi connectivity index (χ3n) is 1.84. The van der Waals surface area contributed by atoms with E-state index in [0.29, 0.717) is 0 Å². The first-order chi connectivity index (χ1) is 5.39. The van der Waals surface area contributed by atoms with Gasteiger partial charge < -0.3 is 11.5 Å². The smallest absolute Gasteiger partial charge is 0.0337 e. The topological polar surface area (TPSA) is 52.0 Å². The van der Waals surface area contributed by atoms with Crippen molar-refractivity contribution in [3.05, 3.63) is 23.8 Å². The van der Waals surface area contributed by atoms with Gasteiger partial charge in [-0.05, 0) is 29.2 Å². The first-order valence-corrected chi connectivity index (χ1v) is 4.06. The van der Waals surface area contributed by atoms with Crippen molar-refractivity contribution < 1.29 is 0 Å². The molecular formula is C10H18Cl2N2. The Bertz CT molecular complexity index is 272. The minimum absolute atomic E-state index is 0. The van der Waals surface area contributed by atoms with Crippen LogP contribution in [0.2, 0.25) is 0 Å². The Balaban J connectivity index is 0. The molecule has 0 unspecified atom stereocenters.